The first-order valence-corrected chi connectivity index (χ1v) is 8.86. The minimum absolute atomic E-state index is 0.119. The van der Waals surface area contributed by atoms with Gasteiger partial charge in [0.15, 0.2) is 0 Å². The van der Waals surface area contributed by atoms with Crippen molar-refractivity contribution in [3.8, 4) is 0 Å². The molecule has 0 aromatic heterocycles. The van der Waals surface area contributed by atoms with Gasteiger partial charge in [0.2, 0.25) is 11.8 Å². The third-order valence-electron chi connectivity index (χ3n) is 5.09. The van der Waals surface area contributed by atoms with E-state index >= 15 is 0 Å². The van der Waals surface area contributed by atoms with E-state index in [0.29, 0.717) is 5.91 Å². The molecule has 0 radical (unpaired) electrons. The number of amides is 2. The summed E-state index contributed by atoms with van der Waals surface area (Å²) in [5.41, 5.74) is 0. The molecule has 5 heteroatoms. The second-order valence-corrected chi connectivity index (χ2v) is 6.82. The maximum absolute atomic E-state index is 12.6. The molecule has 1 saturated heterocycles. The van der Waals surface area contributed by atoms with Crippen LogP contribution in [0.15, 0.2) is 0 Å². The van der Waals surface area contributed by atoms with Crippen molar-refractivity contribution in [1.82, 2.24) is 15.1 Å². The maximum Gasteiger partial charge on any atom is 0.225 e. The van der Waals surface area contributed by atoms with Crippen LogP contribution in [0.3, 0.4) is 0 Å². The summed E-state index contributed by atoms with van der Waals surface area (Å²) in [4.78, 5) is 28.9. The SMILES string of the molecule is CCCCNC(=O)C1CCC(C(=O)N2CCN(C)CC2)CC1. The molecule has 126 valence electrons. The first-order valence-electron chi connectivity index (χ1n) is 8.86. The van der Waals surface area contributed by atoms with Gasteiger partial charge >= 0.3 is 0 Å². The average Bonchev–Trinajstić information content (AvgIpc) is 2.55. The lowest BCUT2D eigenvalue weighted by atomic mass is 9.81. The van der Waals surface area contributed by atoms with Gasteiger partial charge < -0.3 is 15.1 Å². The van der Waals surface area contributed by atoms with E-state index in [1.807, 2.05) is 4.90 Å². The summed E-state index contributed by atoms with van der Waals surface area (Å²) in [6.45, 7) is 6.57. The number of carbonyl (C=O) groups is 2. The maximum atomic E-state index is 12.6. The molecule has 1 saturated carbocycles. The van der Waals surface area contributed by atoms with E-state index in [2.05, 4.69) is 24.2 Å². The van der Waals surface area contributed by atoms with Crippen LogP contribution in [0.2, 0.25) is 0 Å². The van der Waals surface area contributed by atoms with Crippen LogP contribution in [0.25, 0.3) is 0 Å². The molecular weight excluding hydrogens is 278 g/mol. The molecule has 2 aliphatic rings. The van der Waals surface area contributed by atoms with E-state index in [1.54, 1.807) is 0 Å². The van der Waals surface area contributed by atoms with Gasteiger partial charge in [0.1, 0.15) is 0 Å². The molecule has 1 N–H and O–H groups in total. The zero-order chi connectivity index (χ0) is 15.9. The van der Waals surface area contributed by atoms with Gasteiger partial charge in [0.05, 0.1) is 0 Å². The monoisotopic (exact) mass is 309 g/mol. The second-order valence-electron chi connectivity index (χ2n) is 6.82. The Morgan fingerprint density at radius 3 is 2.18 bits per heavy atom. The van der Waals surface area contributed by atoms with Gasteiger partial charge in [-0.05, 0) is 39.2 Å². The van der Waals surface area contributed by atoms with Gasteiger partial charge in [-0.3, -0.25) is 9.59 Å². The molecule has 0 spiro atoms. The number of nitrogens with one attached hydrogen (secondary N) is 1. The molecule has 5 nitrogen and oxygen atoms in total. The molecule has 2 fully saturated rings. The van der Waals surface area contributed by atoms with Crippen molar-refractivity contribution in [1.29, 1.82) is 0 Å². The summed E-state index contributed by atoms with van der Waals surface area (Å²) in [5.74, 6) is 0.772. The van der Waals surface area contributed by atoms with Crippen molar-refractivity contribution in [2.75, 3.05) is 39.8 Å². The fourth-order valence-corrected chi connectivity index (χ4v) is 3.42. The van der Waals surface area contributed by atoms with Crippen molar-refractivity contribution in [3.63, 3.8) is 0 Å². The third kappa shape index (κ3) is 4.70. The molecule has 1 aliphatic carbocycles. The highest BCUT2D eigenvalue weighted by Gasteiger charge is 2.32. The van der Waals surface area contributed by atoms with Gasteiger partial charge in [0.25, 0.3) is 0 Å². The molecule has 0 unspecified atom stereocenters. The third-order valence-corrected chi connectivity index (χ3v) is 5.09. The number of hydrogen-bond acceptors (Lipinski definition) is 3. The van der Waals surface area contributed by atoms with Crippen molar-refractivity contribution in [2.45, 2.75) is 45.4 Å². The molecule has 2 amide bonds. The minimum Gasteiger partial charge on any atom is -0.356 e. The average molecular weight is 309 g/mol. The number of nitrogens with zero attached hydrogens (tertiary/aromatic N) is 2. The van der Waals surface area contributed by atoms with Crippen LogP contribution in [0.4, 0.5) is 0 Å². The van der Waals surface area contributed by atoms with Crippen LogP contribution in [-0.2, 0) is 9.59 Å². The molecule has 1 aliphatic heterocycles. The lowest BCUT2D eigenvalue weighted by Crippen LogP contribution is -2.49. The number of piperazine rings is 1. The summed E-state index contributed by atoms with van der Waals surface area (Å²) < 4.78 is 0. The van der Waals surface area contributed by atoms with Gasteiger partial charge in [-0.25, -0.2) is 0 Å². The zero-order valence-corrected chi connectivity index (χ0v) is 14.1. The van der Waals surface area contributed by atoms with E-state index in [-0.39, 0.29) is 17.7 Å². The Morgan fingerprint density at radius 2 is 1.59 bits per heavy atom. The summed E-state index contributed by atoms with van der Waals surface area (Å²) in [7, 11) is 2.10. The van der Waals surface area contributed by atoms with Crippen LogP contribution in [0.1, 0.15) is 45.4 Å². The van der Waals surface area contributed by atoms with Crippen LogP contribution in [-0.4, -0.2) is 61.4 Å². The number of unbranched alkanes of at least 4 members (excludes halogenated alkanes) is 1. The largest absolute Gasteiger partial charge is 0.356 e. The van der Waals surface area contributed by atoms with E-state index in [9.17, 15) is 9.59 Å². The number of hydrogen-bond donors (Lipinski definition) is 1. The molecule has 0 aromatic rings. The van der Waals surface area contributed by atoms with E-state index < -0.39 is 0 Å². The van der Waals surface area contributed by atoms with Gasteiger partial charge in [-0.15, -0.1) is 0 Å². The normalized spacial score (nSPS) is 26.7. The molecule has 0 aromatic carbocycles. The molecule has 2 rings (SSSR count). The van der Waals surface area contributed by atoms with Gasteiger partial charge in [-0.2, -0.15) is 0 Å². The predicted molar refractivity (Wildman–Crippen MR) is 87.4 cm³/mol. The Morgan fingerprint density at radius 1 is 1.00 bits per heavy atom. The molecule has 0 bridgehead atoms. The number of rotatable bonds is 5. The van der Waals surface area contributed by atoms with E-state index in [4.69, 9.17) is 0 Å². The Balaban J connectivity index is 1.72. The van der Waals surface area contributed by atoms with Gasteiger partial charge in [0, 0.05) is 44.6 Å². The first-order chi connectivity index (χ1) is 10.6. The molecule has 1 heterocycles. The Labute approximate surface area is 134 Å². The van der Waals surface area contributed by atoms with Gasteiger partial charge in [-0.1, -0.05) is 13.3 Å². The predicted octanol–water partition coefficient (Wildman–Crippen LogP) is 1.48. The zero-order valence-electron chi connectivity index (χ0n) is 14.1. The first kappa shape index (κ1) is 17.3. The van der Waals surface area contributed by atoms with Crippen LogP contribution in [0, 0.1) is 11.8 Å². The summed E-state index contributed by atoms with van der Waals surface area (Å²) in [6.07, 6.45) is 5.62. The van der Waals surface area contributed by atoms with Crippen LogP contribution >= 0.6 is 0 Å². The number of carbonyl (C=O) groups excluding carboxylic acids is 2. The van der Waals surface area contributed by atoms with Crippen molar-refractivity contribution >= 4 is 11.8 Å². The molecule has 0 atom stereocenters. The van der Waals surface area contributed by atoms with Crippen LogP contribution in [0.5, 0.6) is 0 Å². The Kier molecular flexibility index (Phi) is 6.68. The quantitative estimate of drug-likeness (QED) is 0.783. The minimum atomic E-state index is 0.119. The highest BCUT2D eigenvalue weighted by Crippen LogP contribution is 2.30. The second kappa shape index (κ2) is 8.51. The summed E-state index contributed by atoms with van der Waals surface area (Å²) in [6, 6.07) is 0. The summed E-state index contributed by atoms with van der Waals surface area (Å²) in [5, 5.41) is 3.03. The van der Waals surface area contributed by atoms with Crippen LogP contribution < -0.4 is 5.32 Å². The topological polar surface area (TPSA) is 52.7 Å². The van der Waals surface area contributed by atoms with Crippen molar-refractivity contribution in [2.24, 2.45) is 11.8 Å². The summed E-state index contributed by atoms with van der Waals surface area (Å²) >= 11 is 0. The lowest BCUT2D eigenvalue weighted by molar-refractivity contribution is -0.139. The Hall–Kier alpha value is -1.10. The number of likely N-dealkylation sites (N-methyl/N-ethyl adjacent to an activating group) is 1. The Bertz CT molecular complexity index is 370. The fourth-order valence-electron chi connectivity index (χ4n) is 3.42. The van der Waals surface area contributed by atoms with E-state index in [1.165, 1.54) is 0 Å². The fraction of sp³-hybridized carbons (Fsp3) is 0.882. The smallest absolute Gasteiger partial charge is 0.225 e. The highest BCUT2D eigenvalue weighted by molar-refractivity contribution is 5.81. The van der Waals surface area contributed by atoms with E-state index in [0.717, 1.165) is 71.2 Å². The standard InChI is InChI=1S/C17H31N3O2/c1-3-4-9-18-16(21)14-5-7-15(8-6-14)17(22)20-12-10-19(2)11-13-20/h14-15H,3-13H2,1-2H3,(H,18,21). The molecule has 22 heavy (non-hydrogen) atoms. The highest BCUT2D eigenvalue weighted by atomic mass is 16.2. The van der Waals surface area contributed by atoms with Crippen molar-refractivity contribution < 1.29 is 9.59 Å². The lowest BCUT2D eigenvalue weighted by Gasteiger charge is -2.36. The van der Waals surface area contributed by atoms with Crippen molar-refractivity contribution in [3.05, 3.63) is 0 Å². The molecular formula is C17H31N3O2.